The van der Waals surface area contributed by atoms with Gasteiger partial charge in [-0.25, -0.2) is 0 Å². The van der Waals surface area contributed by atoms with Crippen molar-refractivity contribution < 1.29 is 14.6 Å². The van der Waals surface area contributed by atoms with E-state index in [1.54, 1.807) is 7.11 Å². The van der Waals surface area contributed by atoms with Crippen LogP contribution in [0.25, 0.3) is 0 Å². The summed E-state index contributed by atoms with van der Waals surface area (Å²) in [6, 6.07) is 12.7. The van der Waals surface area contributed by atoms with Crippen LogP contribution in [0.1, 0.15) is 29.5 Å². The number of amides is 1. The van der Waals surface area contributed by atoms with Crippen LogP contribution in [0.4, 0.5) is 11.4 Å². The molecular formula is C28H38N4O3. The molecule has 0 spiro atoms. The largest absolute Gasteiger partial charge is 0.496 e. The summed E-state index contributed by atoms with van der Waals surface area (Å²) in [5, 5.41) is 9.75. The number of nitrogens with zero attached hydrogens (tertiary/aromatic N) is 4. The fraction of sp³-hybridized carbons (Fsp3) is 0.536. The fourth-order valence-corrected chi connectivity index (χ4v) is 5.61. The van der Waals surface area contributed by atoms with Crippen LogP contribution in [-0.2, 0) is 24.2 Å². The predicted molar refractivity (Wildman–Crippen MR) is 139 cm³/mol. The molecule has 35 heavy (non-hydrogen) atoms. The summed E-state index contributed by atoms with van der Waals surface area (Å²) in [7, 11) is 3.91. The second-order valence-corrected chi connectivity index (χ2v) is 10.2. The molecule has 3 aliphatic rings. The number of aliphatic hydroxyl groups is 1. The number of fused-ring (bicyclic) bond motifs is 1. The Morgan fingerprint density at radius 1 is 0.914 bits per heavy atom. The van der Waals surface area contributed by atoms with E-state index in [-0.39, 0.29) is 12.0 Å². The first kappa shape index (κ1) is 23.9. The van der Waals surface area contributed by atoms with E-state index in [0.717, 1.165) is 76.4 Å². The van der Waals surface area contributed by atoms with E-state index in [1.165, 1.54) is 22.5 Å². The van der Waals surface area contributed by atoms with Crippen molar-refractivity contribution >= 4 is 17.3 Å². The number of carbonyl (C=O) groups is 1. The minimum atomic E-state index is -0.172. The molecule has 2 fully saturated rings. The van der Waals surface area contributed by atoms with Crippen LogP contribution >= 0.6 is 0 Å². The second kappa shape index (κ2) is 10.5. The highest BCUT2D eigenvalue weighted by atomic mass is 16.5. The van der Waals surface area contributed by atoms with Crippen molar-refractivity contribution in [2.24, 2.45) is 0 Å². The van der Waals surface area contributed by atoms with E-state index < -0.39 is 0 Å². The van der Waals surface area contributed by atoms with E-state index >= 15 is 0 Å². The van der Waals surface area contributed by atoms with E-state index in [0.29, 0.717) is 13.0 Å². The van der Waals surface area contributed by atoms with Crippen molar-refractivity contribution in [2.75, 3.05) is 69.8 Å². The molecule has 3 heterocycles. The van der Waals surface area contributed by atoms with Crippen molar-refractivity contribution in [3.8, 4) is 5.75 Å². The topological polar surface area (TPSA) is 59.5 Å². The molecule has 0 aliphatic carbocycles. The van der Waals surface area contributed by atoms with Gasteiger partial charge in [-0.1, -0.05) is 12.1 Å². The van der Waals surface area contributed by atoms with E-state index in [4.69, 9.17) is 4.74 Å². The van der Waals surface area contributed by atoms with Crippen LogP contribution in [0.3, 0.4) is 0 Å². The first-order valence-electron chi connectivity index (χ1n) is 12.9. The summed E-state index contributed by atoms with van der Waals surface area (Å²) in [6.45, 7) is 7.24. The van der Waals surface area contributed by atoms with Gasteiger partial charge in [0.15, 0.2) is 0 Å². The van der Waals surface area contributed by atoms with E-state index in [9.17, 15) is 9.90 Å². The fourth-order valence-electron chi connectivity index (χ4n) is 5.61. The Kier molecular flexibility index (Phi) is 7.16. The van der Waals surface area contributed by atoms with Crippen molar-refractivity contribution in [1.29, 1.82) is 0 Å². The van der Waals surface area contributed by atoms with Gasteiger partial charge in [-0.2, -0.15) is 0 Å². The van der Waals surface area contributed by atoms with Crippen LogP contribution in [0.2, 0.25) is 0 Å². The van der Waals surface area contributed by atoms with Crippen LogP contribution in [0.5, 0.6) is 5.75 Å². The van der Waals surface area contributed by atoms with E-state index in [2.05, 4.69) is 58.1 Å². The molecule has 0 radical (unpaired) electrons. The van der Waals surface area contributed by atoms with Gasteiger partial charge in [-0.15, -0.1) is 0 Å². The smallest absolute Gasteiger partial charge is 0.227 e. The lowest BCUT2D eigenvalue weighted by atomic mass is 9.95. The highest BCUT2D eigenvalue weighted by molar-refractivity contribution is 5.80. The Labute approximate surface area is 208 Å². The summed E-state index contributed by atoms with van der Waals surface area (Å²) >= 11 is 0. The van der Waals surface area contributed by atoms with Gasteiger partial charge in [-0.05, 0) is 56.1 Å². The molecule has 0 atom stereocenters. The molecule has 2 saturated heterocycles. The maximum absolute atomic E-state index is 13.3. The summed E-state index contributed by atoms with van der Waals surface area (Å²) in [4.78, 5) is 22.5. The average molecular weight is 479 g/mol. The Balaban J connectivity index is 1.27. The average Bonchev–Trinajstić information content (AvgIpc) is 2.89. The highest BCUT2D eigenvalue weighted by Crippen LogP contribution is 2.36. The number of methoxy groups -OCH3 is 1. The number of rotatable bonds is 5. The van der Waals surface area contributed by atoms with Crippen LogP contribution < -0.4 is 14.5 Å². The van der Waals surface area contributed by atoms with Crippen LogP contribution in [0.15, 0.2) is 36.4 Å². The molecule has 0 saturated carbocycles. The van der Waals surface area contributed by atoms with Gasteiger partial charge in [0.1, 0.15) is 5.75 Å². The second-order valence-electron chi connectivity index (χ2n) is 10.2. The number of aliphatic hydroxyl groups excluding tert-OH is 1. The molecule has 3 aliphatic heterocycles. The molecule has 0 aromatic heterocycles. The van der Waals surface area contributed by atoms with Gasteiger partial charge in [0, 0.05) is 74.9 Å². The lowest BCUT2D eigenvalue weighted by Crippen LogP contribution is -2.45. The zero-order valence-electron chi connectivity index (χ0n) is 21.1. The van der Waals surface area contributed by atoms with Crippen molar-refractivity contribution in [2.45, 2.75) is 38.3 Å². The standard InChI is InChI=1S/C28H38N4O3/c1-29-15-17-31(18-16-29)26-7-8-27(35-2)24-11-14-32(20-25(24)26)28(34)19-21-3-5-22(6-4-21)30-12-9-23(33)10-13-30/h3-8,23,33H,9-20H2,1-2H3. The quantitative estimate of drug-likeness (QED) is 0.713. The third-order valence-corrected chi connectivity index (χ3v) is 7.88. The Morgan fingerprint density at radius 3 is 2.31 bits per heavy atom. The van der Waals surface area contributed by atoms with E-state index in [1.807, 2.05) is 4.90 Å². The number of piperazine rings is 1. The SMILES string of the molecule is COc1ccc(N2CCN(C)CC2)c2c1CCN(C(=O)Cc1ccc(N3CCC(O)CC3)cc1)C2. The Bertz CT molecular complexity index is 1030. The van der Waals surface area contributed by atoms with Crippen LogP contribution in [-0.4, -0.2) is 86.9 Å². The maximum Gasteiger partial charge on any atom is 0.227 e. The van der Waals surface area contributed by atoms with Crippen LogP contribution in [0, 0.1) is 0 Å². The third-order valence-electron chi connectivity index (χ3n) is 7.88. The van der Waals surface area contributed by atoms with Crippen molar-refractivity contribution in [3.63, 3.8) is 0 Å². The molecule has 5 rings (SSSR count). The molecule has 7 nitrogen and oxygen atoms in total. The summed E-state index contributed by atoms with van der Waals surface area (Å²) in [5.41, 5.74) is 5.97. The molecular weight excluding hydrogens is 440 g/mol. The van der Waals surface area contributed by atoms with Gasteiger partial charge in [0.05, 0.1) is 19.6 Å². The Hall–Kier alpha value is -2.77. The number of hydrogen-bond donors (Lipinski definition) is 1. The number of ether oxygens (including phenoxy) is 1. The molecule has 7 heteroatoms. The zero-order chi connectivity index (χ0) is 24.4. The third kappa shape index (κ3) is 5.26. The minimum Gasteiger partial charge on any atom is -0.496 e. The molecule has 2 aromatic carbocycles. The highest BCUT2D eigenvalue weighted by Gasteiger charge is 2.28. The minimum absolute atomic E-state index is 0.172. The number of benzene rings is 2. The predicted octanol–water partition coefficient (Wildman–Crippen LogP) is 2.54. The van der Waals surface area contributed by atoms with Gasteiger partial charge in [0.25, 0.3) is 0 Å². The maximum atomic E-state index is 13.3. The summed E-state index contributed by atoms with van der Waals surface area (Å²) in [5.74, 6) is 1.11. The molecule has 1 N–H and O–H groups in total. The van der Waals surface area contributed by atoms with Crippen molar-refractivity contribution in [1.82, 2.24) is 9.80 Å². The van der Waals surface area contributed by atoms with Crippen molar-refractivity contribution in [3.05, 3.63) is 53.1 Å². The van der Waals surface area contributed by atoms with Gasteiger partial charge >= 0.3 is 0 Å². The van der Waals surface area contributed by atoms with Gasteiger partial charge in [-0.3, -0.25) is 4.79 Å². The number of piperidine rings is 1. The first-order valence-corrected chi connectivity index (χ1v) is 12.9. The number of hydrogen-bond acceptors (Lipinski definition) is 6. The van der Waals surface area contributed by atoms with Gasteiger partial charge < -0.3 is 29.4 Å². The number of likely N-dealkylation sites (N-methyl/N-ethyl adjacent to an activating group) is 1. The lowest BCUT2D eigenvalue weighted by Gasteiger charge is -2.38. The Morgan fingerprint density at radius 2 is 1.63 bits per heavy atom. The first-order chi connectivity index (χ1) is 17.0. The summed E-state index contributed by atoms with van der Waals surface area (Å²) < 4.78 is 5.68. The normalized spacial score (nSPS) is 19.6. The molecule has 188 valence electrons. The zero-order valence-corrected chi connectivity index (χ0v) is 21.1. The number of anilines is 2. The monoisotopic (exact) mass is 478 g/mol. The molecule has 0 unspecified atom stereocenters. The van der Waals surface area contributed by atoms with Gasteiger partial charge in [0.2, 0.25) is 5.91 Å². The molecule has 1 amide bonds. The lowest BCUT2D eigenvalue weighted by molar-refractivity contribution is -0.131. The molecule has 2 aromatic rings. The number of carbonyl (C=O) groups excluding carboxylic acids is 1. The molecule has 0 bridgehead atoms. The summed E-state index contributed by atoms with van der Waals surface area (Å²) in [6.07, 6.45) is 2.71.